The number of anilines is 1. The Morgan fingerprint density at radius 3 is 2.45 bits per heavy atom. The van der Waals surface area contributed by atoms with Crippen molar-refractivity contribution in [2.24, 2.45) is 0 Å². The van der Waals surface area contributed by atoms with E-state index < -0.39 is 5.82 Å². The van der Waals surface area contributed by atoms with E-state index in [9.17, 15) is 14.0 Å². The van der Waals surface area contributed by atoms with Crippen LogP contribution in [0.5, 0.6) is 0 Å². The van der Waals surface area contributed by atoms with Crippen molar-refractivity contribution in [1.29, 1.82) is 0 Å². The second-order valence-electron chi connectivity index (χ2n) is 6.98. The Kier molecular flexibility index (Phi) is 4.72. The average Bonchev–Trinajstić information content (AvgIpc) is 2.69. The highest BCUT2D eigenvalue weighted by Crippen LogP contribution is 2.25. The van der Waals surface area contributed by atoms with Gasteiger partial charge in [-0.05, 0) is 61.4 Å². The molecule has 4 rings (SSSR count). The lowest BCUT2D eigenvalue weighted by Crippen LogP contribution is -2.11. The lowest BCUT2D eigenvalue weighted by atomic mass is 10.1. The maximum Gasteiger partial charge on any atom is 0.255 e. The van der Waals surface area contributed by atoms with E-state index in [2.05, 4.69) is 5.32 Å². The number of hydrogen-bond donors (Lipinski definition) is 1. The van der Waals surface area contributed by atoms with Gasteiger partial charge in [-0.25, -0.2) is 4.39 Å². The number of benzene rings is 3. The molecule has 0 fully saturated rings. The zero-order valence-electron chi connectivity index (χ0n) is 16.0. The van der Waals surface area contributed by atoms with Crippen LogP contribution in [0.15, 0.2) is 75.9 Å². The molecule has 144 valence electrons. The zero-order valence-corrected chi connectivity index (χ0v) is 16.0. The van der Waals surface area contributed by atoms with Crippen LogP contribution in [0.2, 0.25) is 0 Å². The van der Waals surface area contributed by atoms with Crippen LogP contribution in [0, 0.1) is 19.7 Å². The molecule has 1 aromatic heterocycles. The highest BCUT2D eigenvalue weighted by molar-refractivity contribution is 6.04. The second kappa shape index (κ2) is 7.36. The van der Waals surface area contributed by atoms with Crippen LogP contribution in [0.25, 0.3) is 22.3 Å². The van der Waals surface area contributed by atoms with Crippen LogP contribution >= 0.6 is 0 Å². The molecule has 4 aromatic rings. The van der Waals surface area contributed by atoms with Crippen LogP contribution in [0.3, 0.4) is 0 Å². The molecule has 0 saturated carbocycles. The lowest BCUT2D eigenvalue weighted by molar-refractivity contribution is 0.102. The van der Waals surface area contributed by atoms with Gasteiger partial charge in [-0.15, -0.1) is 0 Å². The van der Waals surface area contributed by atoms with E-state index in [1.54, 1.807) is 30.3 Å². The summed E-state index contributed by atoms with van der Waals surface area (Å²) in [6, 6.07) is 17.7. The summed E-state index contributed by atoms with van der Waals surface area (Å²) >= 11 is 0. The van der Waals surface area contributed by atoms with Gasteiger partial charge in [-0.3, -0.25) is 9.59 Å². The van der Waals surface area contributed by atoms with Crippen LogP contribution < -0.4 is 10.7 Å². The first-order valence-electron chi connectivity index (χ1n) is 9.13. The summed E-state index contributed by atoms with van der Waals surface area (Å²) < 4.78 is 19.2. The van der Waals surface area contributed by atoms with Crippen molar-refractivity contribution in [3.05, 3.63) is 99.5 Å². The molecule has 0 aliphatic carbocycles. The largest absolute Gasteiger partial charge is 0.456 e. The van der Waals surface area contributed by atoms with Crippen molar-refractivity contribution in [2.45, 2.75) is 13.8 Å². The first-order valence-corrected chi connectivity index (χ1v) is 9.13. The zero-order chi connectivity index (χ0) is 20.5. The first-order chi connectivity index (χ1) is 13.9. The van der Waals surface area contributed by atoms with Crippen LogP contribution in [0.4, 0.5) is 10.1 Å². The van der Waals surface area contributed by atoms with E-state index in [1.807, 2.05) is 26.0 Å². The number of hydrogen-bond acceptors (Lipinski definition) is 3. The average molecular weight is 387 g/mol. The van der Waals surface area contributed by atoms with Crippen LogP contribution in [-0.2, 0) is 0 Å². The van der Waals surface area contributed by atoms with E-state index in [4.69, 9.17) is 4.42 Å². The summed E-state index contributed by atoms with van der Waals surface area (Å²) in [7, 11) is 0. The molecule has 0 aliphatic heterocycles. The van der Waals surface area contributed by atoms with Gasteiger partial charge in [0.05, 0.1) is 5.39 Å². The fraction of sp³-hybridized carbons (Fsp3) is 0.0833. The number of nitrogens with one attached hydrogen (secondary N) is 1. The third-order valence-corrected chi connectivity index (χ3v) is 4.67. The third-order valence-electron chi connectivity index (χ3n) is 4.67. The number of halogens is 1. The molecule has 1 heterocycles. The Morgan fingerprint density at radius 2 is 1.72 bits per heavy atom. The summed E-state index contributed by atoms with van der Waals surface area (Å²) in [6.45, 7) is 3.84. The van der Waals surface area contributed by atoms with Gasteiger partial charge in [0.1, 0.15) is 17.2 Å². The number of carbonyl (C=O) groups excluding carboxylic acids is 1. The Morgan fingerprint density at radius 1 is 0.966 bits per heavy atom. The molecule has 0 saturated heterocycles. The number of carbonyl (C=O) groups is 1. The van der Waals surface area contributed by atoms with Gasteiger partial charge in [-0.1, -0.05) is 24.3 Å². The molecule has 0 aliphatic rings. The molecule has 29 heavy (non-hydrogen) atoms. The fourth-order valence-electron chi connectivity index (χ4n) is 3.31. The number of aryl methyl sites for hydroxylation is 2. The SMILES string of the molecule is Cc1cc(C)c2oc(-c3ccc(C(=O)Nc4cccc(F)c4)cc3)cc(=O)c2c1. The minimum atomic E-state index is -0.421. The van der Waals surface area contributed by atoms with E-state index >= 15 is 0 Å². The van der Waals surface area contributed by atoms with Gasteiger partial charge in [-0.2, -0.15) is 0 Å². The normalized spacial score (nSPS) is 10.9. The van der Waals surface area contributed by atoms with Gasteiger partial charge in [0.25, 0.3) is 5.91 Å². The van der Waals surface area contributed by atoms with Crippen molar-refractivity contribution >= 4 is 22.6 Å². The Labute approximate surface area is 166 Å². The summed E-state index contributed by atoms with van der Waals surface area (Å²) in [5.41, 5.74) is 3.82. The number of fused-ring (bicyclic) bond motifs is 1. The highest BCUT2D eigenvalue weighted by Gasteiger charge is 2.11. The molecule has 1 amide bonds. The third kappa shape index (κ3) is 3.80. The monoisotopic (exact) mass is 387 g/mol. The number of rotatable bonds is 3. The molecule has 0 radical (unpaired) electrons. The van der Waals surface area contributed by atoms with E-state index in [1.165, 1.54) is 24.3 Å². The predicted molar refractivity (Wildman–Crippen MR) is 112 cm³/mol. The van der Waals surface area contributed by atoms with Crippen molar-refractivity contribution < 1.29 is 13.6 Å². The first kappa shape index (κ1) is 18.6. The molecule has 0 unspecified atom stereocenters. The molecule has 0 atom stereocenters. The van der Waals surface area contributed by atoms with Gasteiger partial charge < -0.3 is 9.73 Å². The molecular weight excluding hydrogens is 369 g/mol. The standard InChI is InChI=1S/C24H18FNO3/c1-14-10-15(2)23-20(11-14)21(27)13-22(29-23)16-6-8-17(9-7-16)24(28)26-19-5-3-4-18(25)12-19/h3-13H,1-2H3,(H,26,28). The molecule has 4 nitrogen and oxygen atoms in total. The molecule has 1 N–H and O–H groups in total. The maximum absolute atomic E-state index is 13.3. The maximum atomic E-state index is 13.3. The summed E-state index contributed by atoms with van der Waals surface area (Å²) in [6.07, 6.45) is 0. The van der Waals surface area contributed by atoms with E-state index in [-0.39, 0.29) is 11.3 Å². The van der Waals surface area contributed by atoms with E-state index in [0.717, 1.165) is 11.1 Å². The van der Waals surface area contributed by atoms with Crippen LogP contribution in [0.1, 0.15) is 21.5 Å². The van der Waals surface area contributed by atoms with Crippen LogP contribution in [-0.4, -0.2) is 5.91 Å². The Balaban J connectivity index is 1.64. The van der Waals surface area contributed by atoms with Crippen molar-refractivity contribution in [2.75, 3.05) is 5.32 Å². The van der Waals surface area contributed by atoms with Gasteiger partial charge in [0.15, 0.2) is 5.43 Å². The smallest absolute Gasteiger partial charge is 0.255 e. The van der Waals surface area contributed by atoms with Gasteiger partial charge in [0, 0.05) is 22.9 Å². The lowest BCUT2D eigenvalue weighted by Gasteiger charge is -2.08. The van der Waals surface area contributed by atoms with Crippen molar-refractivity contribution in [3.63, 3.8) is 0 Å². The summed E-state index contributed by atoms with van der Waals surface area (Å²) in [5, 5.41) is 3.21. The molecule has 5 heteroatoms. The molecule has 0 spiro atoms. The van der Waals surface area contributed by atoms with Crippen molar-refractivity contribution in [3.8, 4) is 11.3 Å². The summed E-state index contributed by atoms with van der Waals surface area (Å²) in [4.78, 5) is 24.9. The number of amides is 1. The highest BCUT2D eigenvalue weighted by atomic mass is 19.1. The fourth-order valence-corrected chi connectivity index (χ4v) is 3.31. The molecule has 0 bridgehead atoms. The minimum Gasteiger partial charge on any atom is -0.456 e. The van der Waals surface area contributed by atoms with Gasteiger partial charge in [0.2, 0.25) is 0 Å². The molecular formula is C24H18FNO3. The summed E-state index contributed by atoms with van der Waals surface area (Å²) in [5.74, 6) is -0.338. The van der Waals surface area contributed by atoms with Crippen molar-refractivity contribution in [1.82, 2.24) is 0 Å². The predicted octanol–water partition coefficient (Wildman–Crippen LogP) is 5.47. The minimum absolute atomic E-state index is 0.110. The quantitative estimate of drug-likeness (QED) is 0.507. The molecule has 3 aromatic carbocycles. The Hall–Kier alpha value is -3.73. The second-order valence-corrected chi connectivity index (χ2v) is 6.98. The Bertz CT molecular complexity index is 1290. The topological polar surface area (TPSA) is 59.3 Å². The van der Waals surface area contributed by atoms with Gasteiger partial charge >= 0.3 is 0 Å². The van der Waals surface area contributed by atoms with E-state index in [0.29, 0.717) is 33.5 Å².